The number of nitrogens with zero attached hydrogens (tertiary/aromatic N) is 2. The molecule has 5 saturated carbocycles. The van der Waals surface area contributed by atoms with E-state index in [1.165, 1.54) is 0 Å². The molecule has 0 aromatic carbocycles. The molecule has 4 bridgehead atoms. The van der Waals surface area contributed by atoms with Crippen LogP contribution in [0.3, 0.4) is 0 Å². The van der Waals surface area contributed by atoms with Crippen molar-refractivity contribution in [2.24, 2.45) is 23.2 Å². The number of alkyl carbamates (subject to hydrolysis) is 1. The Bertz CT molecular complexity index is 801. The van der Waals surface area contributed by atoms with E-state index in [0.29, 0.717) is 31.6 Å². The number of amides is 2. The number of nitrogens with one attached hydrogen (secondary N) is 1. The van der Waals surface area contributed by atoms with Gasteiger partial charge in [-0.05, 0) is 89.9 Å². The highest BCUT2D eigenvalue weighted by atomic mass is 19.1. The van der Waals surface area contributed by atoms with Gasteiger partial charge in [0, 0.05) is 11.5 Å². The summed E-state index contributed by atoms with van der Waals surface area (Å²) < 4.78 is 21.1. The first-order chi connectivity index (χ1) is 14.0. The number of ether oxygens (including phenoxy) is 1. The van der Waals surface area contributed by atoms with E-state index in [9.17, 15) is 14.9 Å². The van der Waals surface area contributed by atoms with Crippen molar-refractivity contribution in [3.05, 3.63) is 0 Å². The number of alkyl halides is 1. The van der Waals surface area contributed by atoms with E-state index in [1.54, 1.807) is 25.7 Å². The number of carbonyl (C=O) groups excluding carboxylic acids is 2. The molecule has 0 radical (unpaired) electrons. The monoisotopic (exact) mass is 417 g/mol. The molecule has 1 aliphatic heterocycles. The molecule has 1 N–H and O–H groups in total. The summed E-state index contributed by atoms with van der Waals surface area (Å²) in [6.07, 6.45) is 5.02. The smallest absolute Gasteiger partial charge is 0.408 e. The maximum Gasteiger partial charge on any atom is 0.408 e. The number of fused-ring (bicyclic) bond motifs is 1. The van der Waals surface area contributed by atoms with Crippen LogP contribution in [-0.2, 0) is 9.53 Å². The van der Waals surface area contributed by atoms with Crippen LogP contribution >= 0.6 is 0 Å². The lowest BCUT2D eigenvalue weighted by molar-refractivity contribution is -0.159. The molecule has 6 fully saturated rings. The maximum absolute atomic E-state index is 15.6. The molecule has 2 amide bonds. The van der Waals surface area contributed by atoms with Crippen LogP contribution in [-0.4, -0.2) is 46.3 Å². The molecule has 6 rings (SSSR count). The van der Waals surface area contributed by atoms with Crippen molar-refractivity contribution in [3.63, 3.8) is 0 Å². The van der Waals surface area contributed by atoms with Crippen LogP contribution < -0.4 is 5.32 Å². The number of likely N-dealkylation sites (tertiary alicyclic amines) is 1. The summed E-state index contributed by atoms with van der Waals surface area (Å²) >= 11 is 0. The van der Waals surface area contributed by atoms with Gasteiger partial charge in [-0.2, -0.15) is 5.26 Å². The summed E-state index contributed by atoms with van der Waals surface area (Å²) in [5.74, 6) is 0.726. The molecule has 30 heavy (non-hydrogen) atoms. The van der Waals surface area contributed by atoms with Gasteiger partial charge in [0.05, 0.1) is 6.07 Å². The zero-order valence-corrected chi connectivity index (χ0v) is 18.1. The van der Waals surface area contributed by atoms with E-state index in [2.05, 4.69) is 11.4 Å². The number of piperidine rings is 1. The normalized spacial score (nSPS) is 44.2. The fourth-order valence-electron chi connectivity index (χ4n) is 7.50. The second kappa shape index (κ2) is 6.34. The lowest BCUT2D eigenvalue weighted by atomic mass is 9.46. The second-order valence-corrected chi connectivity index (χ2v) is 11.7. The SMILES string of the molecule is CC(C)(C)OC(=O)N[C@H](C(=O)N1[C@H](C#N)C[C@@H]2C[C@@H]21)C12CC3CC(CC(F)(C3)C1)C2. The van der Waals surface area contributed by atoms with E-state index in [0.717, 1.165) is 25.7 Å². The number of carbonyl (C=O) groups is 2. The van der Waals surface area contributed by atoms with Crippen molar-refractivity contribution in [1.82, 2.24) is 10.2 Å². The molecule has 7 heteroatoms. The van der Waals surface area contributed by atoms with Crippen LogP contribution in [0.2, 0.25) is 0 Å². The van der Waals surface area contributed by atoms with Crippen molar-refractivity contribution >= 4 is 12.0 Å². The predicted molar refractivity (Wildman–Crippen MR) is 107 cm³/mol. The average Bonchev–Trinajstić information content (AvgIpc) is 3.25. The summed E-state index contributed by atoms with van der Waals surface area (Å²) in [6, 6.07) is 1.09. The van der Waals surface area contributed by atoms with Crippen LogP contribution in [0.5, 0.6) is 0 Å². The molecular weight excluding hydrogens is 385 g/mol. The molecule has 0 aromatic heterocycles. The molecule has 1 heterocycles. The van der Waals surface area contributed by atoms with E-state index < -0.39 is 34.9 Å². The molecule has 6 aliphatic rings. The first kappa shape index (κ1) is 20.1. The molecule has 6 nitrogen and oxygen atoms in total. The number of hydrogen-bond donors (Lipinski definition) is 1. The van der Waals surface area contributed by atoms with E-state index in [-0.39, 0.29) is 23.8 Å². The lowest BCUT2D eigenvalue weighted by Gasteiger charge is -2.61. The zero-order chi connectivity index (χ0) is 21.5. The largest absolute Gasteiger partial charge is 0.444 e. The first-order valence-electron chi connectivity index (χ1n) is 11.4. The van der Waals surface area contributed by atoms with Crippen molar-refractivity contribution in [1.29, 1.82) is 5.26 Å². The van der Waals surface area contributed by atoms with Crippen LogP contribution in [0.15, 0.2) is 0 Å². The predicted octanol–water partition coefficient (Wildman–Crippen LogP) is 3.70. The van der Waals surface area contributed by atoms with Crippen LogP contribution in [0.4, 0.5) is 9.18 Å². The standard InChI is InChI=1S/C23H32FN3O3/c1-21(2,3)30-20(29)26-18(19(28)27-16(11-25)5-15-6-17(15)27)22-7-13-4-14(8-22)10-23(24,9-13)12-22/h13-18H,4-10,12H2,1-3H3,(H,26,29)/t13?,14?,15-,16+,17+,18-,22?,23?/m1/s1. The van der Waals surface area contributed by atoms with Gasteiger partial charge in [-0.15, -0.1) is 0 Å². The summed E-state index contributed by atoms with van der Waals surface area (Å²) in [5.41, 5.74) is -2.51. The minimum Gasteiger partial charge on any atom is -0.444 e. The summed E-state index contributed by atoms with van der Waals surface area (Å²) in [7, 11) is 0. The van der Waals surface area contributed by atoms with Crippen LogP contribution in [0.1, 0.15) is 72.1 Å². The molecule has 6 atom stereocenters. The third-order valence-corrected chi connectivity index (χ3v) is 8.06. The number of nitriles is 1. The zero-order valence-electron chi connectivity index (χ0n) is 18.1. The summed E-state index contributed by atoms with van der Waals surface area (Å²) in [4.78, 5) is 28.3. The summed E-state index contributed by atoms with van der Waals surface area (Å²) in [5, 5.41) is 12.5. The van der Waals surface area contributed by atoms with E-state index >= 15 is 4.39 Å². The second-order valence-electron chi connectivity index (χ2n) is 11.7. The Kier molecular flexibility index (Phi) is 4.24. The molecule has 1 saturated heterocycles. The molecule has 2 unspecified atom stereocenters. The highest BCUT2D eigenvalue weighted by Gasteiger charge is 2.64. The Morgan fingerprint density at radius 1 is 1.17 bits per heavy atom. The highest BCUT2D eigenvalue weighted by molar-refractivity contribution is 5.88. The van der Waals surface area contributed by atoms with Gasteiger partial charge in [0.25, 0.3) is 0 Å². The molecular formula is C23H32FN3O3. The third kappa shape index (κ3) is 3.27. The minimum atomic E-state index is -1.24. The Morgan fingerprint density at radius 2 is 1.83 bits per heavy atom. The number of halogens is 1. The van der Waals surface area contributed by atoms with Gasteiger partial charge in [0.2, 0.25) is 5.91 Å². The van der Waals surface area contributed by atoms with Gasteiger partial charge in [0.15, 0.2) is 0 Å². The molecule has 164 valence electrons. The van der Waals surface area contributed by atoms with E-state index in [4.69, 9.17) is 4.74 Å². The lowest BCUT2D eigenvalue weighted by Crippen LogP contribution is -2.66. The molecule has 0 spiro atoms. The van der Waals surface area contributed by atoms with Gasteiger partial charge in [0.1, 0.15) is 23.4 Å². The molecule has 5 aliphatic carbocycles. The maximum atomic E-state index is 15.6. The highest BCUT2D eigenvalue weighted by Crippen LogP contribution is 2.64. The van der Waals surface area contributed by atoms with Crippen LogP contribution in [0, 0.1) is 34.5 Å². The van der Waals surface area contributed by atoms with Gasteiger partial charge < -0.3 is 15.0 Å². The number of rotatable bonds is 3. The Labute approximate surface area is 177 Å². The Morgan fingerprint density at radius 3 is 2.40 bits per heavy atom. The van der Waals surface area contributed by atoms with Crippen molar-refractivity contribution in [2.45, 2.75) is 102 Å². The van der Waals surface area contributed by atoms with Crippen molar-refractivity contribution in [3.8, 4) is 6.07 Å². The van der Waals surface area contributed by atoms with Gasteiger partial charge in [-0.25, -0.2) is 9.18 Å². The fraction of sp³-hybridized carbons (Fsp3) is 0.870. The van der Waals surface area contributed by atoms with E-state index in [1.807, 2.05) is 0 Å². The molecule has 0 aromatic rings. The van der Waals surface area contributed by atoms with Gasteiger partial charge in [-0.1, -0.05) is 0 Å². The van der Waals surface area contributed by atoms with Gasteiger partial charge in [-0.3, -0.25) is 4.79 Å². The van der Waals surface area contributed by atoms with Crippen molar-refractivity contribution < 1.29 is 18.7 Å². The third-order valence-electron chi connectivity index (χ3n) is 8.06. The topological polar surface area (TPSA) is 82.4 Å². The average molecular weight is 418 g/mol. The van der Waals surface area contributed by atoms with Crippen molar-refractivity contribution in [2.75, 3.05) is 0 Å². The Hall–Kier alpha value is -1.84. The quantitative estimate of drug-likeness (QED) is 0.759. The first-order valence-corrected chi connectivity index (χ1v) is 11.4. The Balaban J connectivity index is 1.47. The van der Waals surface area contributed by atoms with Gasteiger partial charge >= 0.3 is 6.09 Å². The summed E-state index contributed by atoms with van der Waals surface area (Å²) in [6.45, 7) is 5.35. The number of hydrogen-bond acceptors (Lipinski definition) is 4. The fourth-order valence-corrected chi connectivity index (χ4v) is 7.50. The van der Waals surface area contributed by atoms with Crippen LogP contribution in [0.25, 0.3) is 0 Å². The minimum absolute atomic E-state index is 0.0957.